The Morgan fingerprint density at radius 3 is 2.46 bits per heavy atom. The van der Waals surface area contributed by atoms with E-state index < -0.39 is 5.60 Å². The molecule has 0 aromatic rings. The molecule has 1 aliphatic carbocycles. The van der Waals surface area contributed by atoms with E-state index in [-0.39, 0.29) is 23.9 Å². The standard InChI is InChI=1S/C10H14O3/c1-6(2)10(13)5-8(11)7(3)4-9(10)12/h4,6,13H,5H2,1-3H3. The summed E-state index contributed by atoms with van der Waals surface area (Å²) in [5, 5.41) is 9.89. The summed E-state index contributed by atoms with van der Waals surface area (Å²) in [6.07, 6.45) is 1.16. The molecule has 1 unspecified atom stereocenters. The fourth-order valence-corrected chi connectivity index (χ4v) is 1.36. The molecule has 0 spiro atoms. The van der Waals surface area contributed by atoms with E-state index in [2.05, 4.69) is 0 Å². The van der Waals surface area contributed by atoms with Gasteiger partial charge in [-0.25, -0.2) is 0 Å². The van der Waals surface area contributed by atoms with Crippen LogP contribution in [0.3, 0.4) is 0 Å². The SMILES string of the molecule is CC1=CC(=O)C(O)(C(C)C)CC1=O. The van der Waals surface area contributed by atoms with E-state index >= 15 is 0 Å². The first-order chi connectivity index (χ1) is 5.88. The third kappa shape index (κ3) is 1.56. The van der Waals surface area contributed by atoms with Gasteiger partial charge in [0.25, 0.3) is 0 Å². The Balaban J connectivity index is 3.07. The Bertz CT molecular complexity index is 289. The number of allylic oxidation sites excluding steroid dienone is 1. The summed E-state index contributed by atoms with van der Waals surface area (Å²) in [5.41, 5.74) is -1.04. The molecule has 1 aliphatic rings. The van der Waals surface area contributed by atoms with Gasteiger partial charge in [-0.05, 0) is 24.5 Å². The Morgan fingerprint density at radius 2 is 2.00 bits per heavy atom. The van der Waals surface area contributed by atoms with Crippen LogP contribution < -0.4 is 0 Å². The van der Waals surface area contributed by atoms with Crippen LogP contribution in [0.25, 0.3) is 0 Å². The molecule has 0 aromatic heterocycles. The third-order valence-electron chi connectivity index (χ3n) is 2.60. The highest BCUT2D eigenvalue weighted by Gasteiger charge is 2.42. The minimum atomic E-state index is -1.48. The number of aliphatic hydroxyl groups is 1. The number of hydrogen-bond acceptors (Lipinski definition) is 3. The fourth-order valence-electron chi connectivity index (χ4n) is 1.36. The van der Waals surface area contributed by atoms with Gasteiger partial charge >= 0.3 is 0 Å². The molecule has 0 fully saturated rings. The van der Waals surface area contributed by atoms with Gasteiger partial charge in [-0.1, -0.05) is 13.8 Å². The lowest BCUT2D eigenvalue weighted by atomic mass is 9.77. The van der Waals surface area contributed by atoms with Gasteiger partial charge in [0.15, 0.2) is 11.6 Å². The first-order valence-electron chi connectivity index (χ1n) is 4.36. The molecule has 0 saturated carbocycles. The van der Waals surface area contributed by atoms with Crippen molar-refractivity contribution in [2.75, 3.05) is 0 Å². The van der Waals surface area contributed by atoms with E-state index in [1.54, 1.807) is 20.8 Å². The van der Waals surface area contributed by atoms with Crippen molar-refractivity contribution in [1.82, 2.24) is 0 Å². The Morgan fingerprint density at radius 1 is 1.46 bits per heavy atom. The summed E-state index contributed by atoms with van der Waals surface area (Å²) in [6.45, 7) is 5.07. The number of carbonyl (C=O) groups excluding carboxylic acids is 2. The van der Waals surface area contributed by atoms with Gasteiger partial charge in [0.2, 0.25) is 0 Å². The molecular weight excluding hydrogens is 168 g/mol. The van der Waals surface area contributed by atoms with E-state index in [1.165, 1.54) is 6.08 Å². The molecule has 0 heterocycles. The Hall–Kier alpha value is -0.960. The van der Waals surface area contributed by atoms with Gasteiger partial charge in [0.05, 0.1) is 0 Å². The average Bonchev–Trinajstić information content (AvgIpc) is 2.01. The monoisotopic (exact) mass is 182 g/mol. The van der Waals surface area contributed by atoms with Crippen molar-refractivity contribution >= 4 is 11.6 Å². The zero-order valence-electron chi connectivity index (χ0n) is 8.13. The van der Waals surface area contributed by atoms with Crippen LogP contribution in [0.4, 0.5) is 0 Å². The summed E-state index contributed by atoms with van der Waals surface area (Å²) in [4.78, 5) is 22.7. The number of hydrogen-bond donors (Lipinski definition) is 1. The van der Waals surface area contributed by atoms with Crippen molar-refractivity contribution in [2.24, 2.45) is 5.92 Å². The van der Waals surface area contributed by atoms with Gasteiger partial charge in [-0.15, -0.1) is 0 Å². The minimum absolute atomic E-state index is 0.0775. The van der Waals surface area contributed by atoms with E-state index in [1.807, 2.05) is 0 Å². The maximum absolute atomic E-state index is 11.4. The molecule has 0 saturated heterocycles. The van der Waals surface area contributed by atoms with Crippen LogP contribution in [0.15, 0.2) is 11.6 Å². The van der Waals surface area contributed by atoms with Crippen LogP contribution in [0.1, 0.15) is 27.2 Å². The number of carbonyl (C=O) groups is 2. The smallest absolute Gasteiger partial charge is 0.188 e. The molecule has 1 atom stereocenters. The molecule has 1 N–H and O–H groups in total. The predicted octanol–water partition coefficient (Wildman–Crippen LogP) is 0.862. The molecule has 3 nitrogen and oxygen atoms in total. The second-order valence-electron chi connectivity index (χ2n) is 3.87. The number of rotatable bonds is 1. The van der Waals surface area contributed by atoms with E-state index in [9.17, 15) is 14.7 Å². The molecule has 13 heavy (non-hydrogen) atoms. The van der Waals surface area contributed by atoms with Crippen molar-refractivity contribution < 1.29 is 14.7 Å². The third-order valence-corrected chi connectivity index (χ3v) is 2.60. The van der Waals surface area contributed by atoms with Crippen LogP contribution >= 0.6 is 0 Å². The van der Waals surface area contributed by atoms with Crippen LogP contribution in [-0.4, -0.2) is 22.3 Å². The van der Waals surface area contributed by atoms with Gasteiger partial charge in [-0.3, -0.25) is 9.59 Å². The summed E-state index contributed by atoms with van der Waals surface area (Å²) in [5.74, 6) is -0.719. The summed E-state index contributed by atoms with van der Waals surface area (Å²) >= 11 is 0. The van der Waals surface area contributed by atoms with Crippen molar-refractivity contribution in [3.63, 3.8) is 0 Å². The predicted molar refractivity (Wildman–Crippen MR) is 48.2 cm³/mol. The molecule has 1 rings (SSSR count). The molecule has 3 heteroatoms. The highest BCUT2D eigenvalue weighted by atomic mass is 16.3. The maximum Gasteiger partial charge on any atom is 0.188 e. The minimum Gasteiger partial charge on any atom is -0.381 e. The van der Waals surface area contributed by atoms with E-state index in [0.29, 0.717) is 5.57 Å². The van der Waals surface area contributed by atoms with Crippen molar-refractivity contribution in [2.45, 2.75) is 32.8 Å². The van der Waals surface area contributed by atoms with Gasteiger partial charge < -0.3 is 5.11 Å². The molecule has 0 aliphatic heterocycles. The van der Waals surface area contributed by atoms with E-state index in [0.717, 1.165) is 0 Å². The molecule has 72 valence electrons. The largest absolute Gasteiger partial charge is 0.381 e. The number of ketones is 2. The molecule has 0 aromatic carbocycles. The lowest BCUT2D eigenvalue weighted by Crippen LogP contribution is -2.47. The Labute approximate surface area is 77.4 Å². The summed E-state index contributed by atoms with van der Waals surface area (Å²) in [6, 6.07) is 0. The maximum atomic E-state index is 11.4. The molecule has 0 bridgehead atoms. The first kappa shape index (κ1) is 10.1. The van der Waals surface area contributed by atoms with Crippen LogP contribution in [0, 0.1) is 5.92 Å². The topological polar surface area (TPSA) is 54.4 Å². The van der Waals surface area contributed by atoms with Crippen LogP contribution in [-0.2, 0) is 9.59 Å². The molecule has 0 amide bonds. The molecule has 0 radical (unpaired) electrons. The summed E-state index contributed by atoms with van der Waals surface area (Å²) < 4.78 is 0. The van der Waals surface area contributed by atoms with Crippen molar-refractivity contribution in [3.05, 3.63) is 11.6 Å². The lowest BCUT2D eigenvalue weighted by molar-refractivity contribution is -0.144. The zero-order chi connectivity index (χ0) is 10.2. The normalized spacial score (nSPS) is 29.5. The fraction of sp³-hybridized carbons (Fsp3) is 0.600. The highest BCUT2D eigenvalue weighted by Crippen LogP contribution is 2.28. The second-order valence-corrected chi connectivity index (χ2v) is 3.87. The average molecular weight is 182 g/mol. The Kier molecular flexibility index (Phi) is 2.39. The van der Waals surface area contributed by atoms with E-state index in [4.69, 9.17) is 0 Å². The quantitative estimate of drug-likeness (QED) is 0.654. The lowest BCUT2D eigenvalue weighted by Gasteiger charge is -2.31. The van der Waals surface area contributed by atoms with Crippen LogP contribution in [0.5, 0.6) is 0 Å². The number of Topliss-reactive ketones (excluding diaryl/α,β-unsaturated/α-hetero) is 1. The summed E-state index contributed by atoms with van der Waals surface area (Å²) in [7, 11) is 0. The highest BCUT2D eigenvalue weighted by molar-refractivity contribution is 6.12. The van der Waals surface area contributed by atoms with Crippen LogP contribution in [0.2, 0.25) is 0 Å². The van der Waals surface area contributed by atoms with Gasteiger partial charge in [0.1, 0.15) is 5.60 Å². The second kappa shape index (κ2) is 3.07. The van der Waals surface area contributed by atoms with Gasteiger partial charge in [-0.2, -0.15) is 0 Å². The van der Waals surface area contributed by atoms with Gasteiger partial charge in [0, 0.05) is 6.42 Å². The van der Waals surface area contributed by atoms with Crippen molar-refractivity contribution in [1.29, 1.82) is 0 Å². The molecular formula is C10H14O3. The zero-order valence-corrected chi connectivity index (χ0v) is 8.13. The first-order valence-corrected chi connectivity index (χ1v) is 4.36. The van der Waals surface area contributed by atoms with Crippen molar-refractivity contribution in [3.8, 4) is 0 Å².